The first kappa shape index (κ1) is 25.0. The van der Waals surface area contributed by atoms with Gasteiger partial charge in [0.2, 0.25) is 0 Å². The molecule has 6 nitrogen and oxygen atoms in total. The summed E-state index contributed by atoms with van der Waals surface area (Å²) >= 11 is 6.29. The Labute approximate surface area is 246 Å². The number of aryl methyl sites for hydroxylation is 1. The summed E-state index contributed by atoms with van der Waals surface area (Å²) in [4.78, 5) is 45.5. The molecular formula is C35H23ClN2O4. The monoisotopic (exact) mass is 570 g/mol. The molecule has 204 valence electrons. The van der Waals surface area contributed by atoms with Crippen LogP contribution in [-0.4, -0.2) is 27.5 Å². The van der Waals surface area contributed by atoms with E-state index < -0.39 is 34.5 Å². The van der Waals surface area contributed by atoms with Crippen LogP contribution in [0.5, 0.6) is 0 Å². The number of halogens is 1. The van der Waals surface area contributed by atoms with Gasteiger partial charge in [0.1, 0.15) is 0 Å². The molecule has 1 saturated heterocycles. The average Bonchev–Trinajstić information content (AvgIpc) is 3.53. The lowest BCUT2D eigenvalue weighted by molar-refractivity contribution is -0.111. The second kappa shape index (κ2) is 8.38. The third-order valence-corrected chi connectivity index (χ3v) is 9.37. The fourth-order valence-corrected chi connectivity index (χ4v) is 7.52. The summed E-state index contributed by atoms with van der Waals surface area (Å²) in [7, 11) is 0. The van der Waals surface area contributed by atoms with E-state index in [1.165, 1.54) is 0 Å². The van der Waals surface area contributed by atoms with Crippen molar-refractivity contribution in [1.29, 1.82) is 0 Å². The number of benzene rings is 4. The SMILES string of the molecule is Cc1ccc2c(c1)/C(=C1\N3C=Cc4ccccc4C3C3(C(=O)c4ccccc4C3=O)C1(O)c1ccc(Cl)cc1)C(=O)N2. The first-order valence-electron chi connectivity index (χ1n) is 13.7. The van der Waals surface area contributed by atoms with Crippen LogP contribution in [0.15, 0.2) is 103 Å². The fraction of sp³-hybridized carbons (Fsp3) is 0.114. The molecule has 4 aromatic rings. The van der Waals surface area contributed by atoms with Gasteiger partial charge in [0, 0.05) is 33.6 Å². The van der Waals surface area contributed by atoms with Crippen LogP contribution in [0.1, 0.15) is 54.6 Å². The quantitative estimate of drug-likeness (QED) is 0.207. The molecule has 0 bridgehead atoms. The lowest BCUT2D eigenvalue weighted by atomic mass is 9.60. The lowest BCUT2D eigenvalue weighted by Crippen LogP contribution is -2.53. The third-order valence-electron chi connectivity index (χ3n) is 9.12. The molecule has 42 heavy (non-hydrogen) atoms. The molecule has 8 rings (SSSR count). The minimum atomic E-state index is -2.25. The molecule has 2 N–H and O–H groups in total. The number of aliphatic hydroxyl groups is 1. The highest BCUT2D eigenvalue weighted by molar-refractivity contribution is 6.35. The summed E-state index contributed by atoms with van der Waals surface area (Å²) in [5, 5.41) is 16.9. The summed E-state index contributed by atoms with van der Waals surface area (Å²) in [6, 6.07) is 25.4. The van der Waals surface area contributed by atoms with Crippen molar-refractivity contribution in [2.24, 2.45) is 5.41 Å². The van der Waals surface area contributed by atoms with E-state index in [4.69, 9.17) is 11.6 Å². The predicted octanol–water partition coefficient (Wildman–Crippen LogP) is 6.31. The number of Topliss-reactive ketones (excluding diaryl/α,β-unsaturated/α-hetero) is 2. The first-order valence-corrected chi connectivity index (χ1v) is 14.1. The van der Waals surface area contributed by atoms with E-state index in [0.717, 1.165) is 11.1 Å². The van der Waals surface area contributed by atoms with Crippen LogP contribution in [-0.2, 0) is 10.4 Å². The van der Waals surface area contributed by atoms with Crippen LogP contribution in [0.2, 0.25) is 5.02 Å². The van der Waals surface area contributed by atoms with E-state index in [-0.39, 0.29) is 28.0 Å². The van der Waals surface area contributed by atoms with Gasteiger partial charge < -0.3 is 15.3 Å². The standard InChI is InChI=1S/C35H23ClN2O4/c1-19-10-15-27-26(18-19)28(33(41)37-27)30-35(42,21-11-13-22(36)14-12-21)34(31(39)24-8-4-5-9-25(24)32(34)40)29-23-7-3-2-6-20(23)16-17-38(29)30/h2-18,29,42H,1H3,(H,37,41)/b30-28+. The number of fused-ring (bicyclic) bond motifs is 6. The van der Waals surface area contributed by atoms with Gasteiger partial charge in [0.15, 0.2) is 22.6 Å². The van der Waals surface area contributed by atoms with Gasteiger partial charge in [-0.25, -0.2) is 0 Å². The number of nitrogens with one attached hydrogen (secondary N) is 1. The van der Waals surface area contributed by atoms with Gasteiger partial charge >= 0.3 is 0 Å². The zero-order valence-electron chi connectivity index (χ0n) is 22.4. The maximum absolute atomic E-state index is 14.9. The van der Waals surface area contributed by atoms with Crippen LogP contribution in [0, 0.1) is 12.3 Å². The first-order chi connectivity index (χ1) is 20.3. The highest BCUT2D eigenvalue weighted by atomic mass is 35.5. The Hall–Kier alpha value is -4.78. The van der Waals surface area contributed by atoms with Crippen LogP contribution in [0.25, 0.3) is 11.6 Å². The van der Waals surface area contributed by atoms with Crippen molar-refractivity contribution in [1.82, 2.24) is 4.90 Å². The second-order valence-corrected chi connectivity index (χ2v) is 11.6. The Morgan fingerprint density at radius 3 is 2.21 bits per heavy atom. The number of hydrogen-bond acceptors (Lipinski definition) is 5. The molecular weight excluding hydrogens is 548 g/mol. The normalized spacial score (nSPS) is 24.5. The summed E-state index contributed by atoms with van der Waals surface area (Å²) in [5.41, 5.74) is 0.535. The fourth-order valence-electron chi connectivity index (χ4n) is 7.39. The van der Waals surface area contributed by atoms with Gasteiger partial charge in [0.05, 0.1) is 17.3 Å². The van der Waals surface area contributed by atoms with E-state index in [2.05, 4.69) is 5.32 Å². The number of amides is 1. The number of rotatable bonds is 1. The van der Waals surface area contributed by atoms with Crippen molar-refractivity contribution in [3.05, 3.63) is 147 Å². The number of anilines is 1. The van der Waals surface area contributed by atoms with Gasteiger partial charge in [-0.3, -0.25) is 14.4 Å². The molecule has 1 aliphatic carbocycles. The minimum Gasteiger partial charge on any atom is -0.377 e. The maximum Gasteiger partial charge on any atom is 0.258 e. The van der Waals surface area contributed by atoms with Gasteiger partial charge in [0.25, 0.3) is 5.91 Å². The molecule has 0 radical (unpaired) electrons. The molecule has 2 unspecified atom stereocenters. The molecule has 0 saturated carbocycles. The minimum absolute atomic E-state index is 0.178. The molecule has 1 spiro atoms. The largest absolute Gasteiger partial charge is 0.377 e. The zero-order chi connectivity index (χ0) is 29.0. The second-order valence-electron chi connectivity index (χ2n) is 11.2. The molecule has 4 aliphatic rings. The Kier molecular flexibility index (Phi) is 4.98. The number of carbonyl (C=O) groups excluding carboxylic acids is 3. The van der Waals surface area contributed by atoms with Crippen LogP contribution in [0.3, 0.4) is 0 Å². The summed E-state index contributed by atoms with van der Waals surface area (Å²) < 4.78 is 0. The van der Waals surface area contributed by atoms with Gasteiger partial charge in [-0.15, -0.1) is 0 Å². The molecule has 4 aromatic carbocycles. The summed E-state index contributed by atoms with van der Waals surface area (Å²) in [6.07, 6.45) is 3.66. The van der Waals surface area contributed by atoms with E-state index >= 15 is 0 Å². The van der Waals surface area contributed by atoms with Crippen molar-refractivity contribution in [2.75, 3.05) is 5.32 Å². The highest BCUT2D eigenvalue weighted by Gasteiger charge is 2.77. The van der Waals surface area contributed by atoms with Crippen LogP contribution >= 0.6 is 11.6 Å². The molecule has 1 amide bonds. The van der Waals surface area contributed by atoms with Crippen molar-refractivity contribution >= 4 is 46.4 Å². The number of nitrogens with zero attached hydrogens (tertiary/aromatic N) is 1. The molecule has 2 atom stereocenters. The van der Waals surface area contributed by atoms with Crippen LogP contribution in [0.4, 0.5) is 5.69 Å². The van der Waals surface area contributed by atoms with Gasteiger partial charge in [-0.05, 0) is 54.0 Å². The van der Waals surface area contributed by atoms with E-state index in [1.54, 1.807) is 59.6 Å². The van der Waals surface area contributed by atoms with E-state index in [9.17, 15) is 19.5 Å². The average molecular weight is 571 g/mol. The molecule has 7 heteroatoms. The van der Waals surface area contributed by atoms with Gasteiger partial charge in [-0.2, -0.15) is 0 Å². The number of hydrogen-bond donors (Lipinski definition) is 2. The Morgan fingerprint density at radius 1 is 0.833 bits per heavy atom. The smallest absolute Gasteiger partial charge is 0.258 e. The van der Waals surface area contributed by atoms with E-state index in [0.29, 0.717) is 21.8 Å². The third kappa shape index (κ3) is 2.85. The Bertz CT molecular complexity index is 1940. The molecule has 3 aliphatic heterocycles. The van der Waals surface area contributed by atoms with Crippen molar-refractivity contribution in [3.8, 4) is 0 Å². The molecule has 3 heterocycles. The molecule has 0 aromatic heterocycles. The topological polar surface area (TPSA) is 86.7 Å². The molecule has 1 fully saturated rings. The van der Waals surface area contributed by atoms with Gasteiger partial charge in [-0.1, -0.05) is 83.9 Å². The van der Waals surface area contributed by atoms with Crippen molar-refractivity contribution in [2.45, 2.75) is 18.6 Å². The predicted molar refractivity (Wildman–Crippen MR) is 160 cm³/mol. The van der Waals surface area contributed by atoms with Crippen molar-refractivity contribution in [3.63, 3.8) is 0 Å². The van der Waals surface area contributed by atoms with Crippen molar-refractivity contribution < 1.29 is 19.5 Å². The maximum atomic E-state index is 14.9. The number of carbonyl (C=O) groups is 3. The zero-order valence-corrected chi connectivity index (χ0v) is 23.1. The van der Waals surface area contributed by atoms with E-state index in [1.807, 2.05) is 55.5 Å². The lowest BCUT2D eigenvalue weighted by Gasteiger charge is -2.40. The highest BCUT2D eigenvalue weighted by Crippen LogP contribution is 2.69. The Morgan fingerprint density at radius 2 is 1.50 bits per heavy atom. The Balaban J connectivity index is 1.57. The summed E-state index contributed by atoms with van der Waals surface area (Å²) in [5.74, 6) is -1.39. The van der Waals surface area contributed by atoms with Crippen LogP contribution < -0.4 is 5.32 Å². The summed E-state index contributed by atoms with van der Waals surface area (Å²) in [6.45, 7) is 1.92. The number of ketones is 2.